The summed E-state index contributed by atoms with van der Waals surface area (Å²) < 4.78 is 16.4. The molecule has 1 fully saturated rings. The van der Waals surface area contributed by atoms with Crippen LogP contribution in [0.15, 0.2) is 22.7 Å². The number of methoxy groups -OCH3 is 2. The maximum atomic E-state index is 11.6. The summed E-state index contributed by atoms with van der Waals surface area (Å²) in [5.41, 5.74) is 0. The van der Waals surface area contributed by atoms with Crippen molar-refractivity contribution in [2.75, 3.05) is 14.2 Å². The van der Waals surface area contributed by atoms with Crippen LogP contribution in [-0.2, 0) is 9.53 Å². The Morgan fingerprint density at radius 2 is 2.11 bits per heavy atom. The summed E-state index contributed by atoms with van der Waals surface area (Å²) >= 11 is 3.40. The first-order valence-corrected chi connectivity index (χ1v) is 6.53. The van der Waals surface area contributed by atoms with Crippen LogP contribution in [0.5, 0.6) is 11.5 Å². The predicted octanol–water partition coefficient (Wildman–Crippen LogP) is 2.79. The molecule has 2 rings (SSSR count). The number of benzene rings is 1. The highest BCUT2D eigenvalue weighted by Gasteiger charge is 2.39. The van der Waals surface area contributed by atoms with Crippen LogP contribution in [0.2, 0.25) is 0 Å². The van der Waals surface area contributed by atoms with Gasteiger partial charge in [-0.05, 0) is 47.0 Å². The Bertz CT molecular complexity index is 443. The summed E-state index contributed by atoms with van der Waals surface area (Å²) in [5.74, 6) is 1.31. The molecule has 1 aromatic carbocycles. The fourth-order valence-corrected chi connectivity index (χ4v) is 2.14. The molecular weight excluding hydrogens is 300 g/mol. The Balaban J connectivity index is 2.13. The quantitative estimate of drug-likeness (QED) is 0.784. The molecule has 1 aliphatic carbocycles. The Hall–Kier alpha value is -1.23. The van der Waals surface area contributed by atoms with Gasteiger partial charge in [-0.15, -0.1) is 0 Å². The molecule has 0 aromatic heterocycles. The van der Waals surface area contributed by atoms with E-state index in [0.29, 0.717) is 5.75 Å². The second kappa shape index (κ2) is 5.61. The van der Waals surface area contributed by atoms with E-state index in [1.807, 2.05) is 0 Å². The van der Waals surface area contributed by atoms with Gasteiger partial charge in [0.05, 0.1) is 18.7 Å². The highest BCUT2D eigenvalue weighted by Crippen LogP contribution is 2.37. The van der Waals surface area contributed by atoms with E-state index >= 15 is 0 Å². The number of halogens is 1. The normalized spacial score (nSPS) is 15.9. The minimum absolute atomic E-state index is 0.270. The fourth-order valence-electron chi connectivity index (χ4n) is 1.69. The molecule has 0 aliphatic heterocycles. The number of carbonyl (C=O) groups is 1. The Labute approximate surface area is 114 Å². The van der Waals surface area contributed by atoms with Crippen LogP contribution in [0.3, 0.4) is 0 Å². The van der Waals surface area contributed by atoms with Crippen molar-refractivity contribution < 1.29 is 19.0 Å². The average Bonchev–Trinajstić information content (AvgIpc) is 3.20. The Kier molecular flexibility index (Phi) is 4.11. The van der Waals surface area contributed by atoms with Crippen molar-refractivity contribution in [3.63, 3.8) is 0 Å². The monoisotopic (exact) mass is 314 g/mol. The lowest BCUT2D eigenvalue weighted by molar-refractivity contribution is -0.149. The van der Waals surface area contributed by atoms with Gasteiger partial charge in [0.1, 0.15) is 11.5 Å². The molecule has 0 saturated heterocycles. The van der Waals surface area contributed by atoms with Gasteiger partial charge in [0.2, 0.25) is 0 Å². The van der Waals surface area contributed by atoms with E-state index in [1.165, 1.54) is 7.11 Å². The van der Waals surface area contributed by atoms with Crippen molar-refractivity contribution in [3.8, 4) is 11.5 Å². The average molecular weight is 315 g/mol. The second-order valence-corrected chi connectivity index (χ2v) is 5.05. The van der Waals surface area contributed by atoms with Crippen LogP contribution in [-0.4, -0.2) is 26.3 Å². The predicted molar refractivity (Wildman–Crippen MR) is 69.9 cm³/mol. The SMILES string of the molecule is COC(=O)C(Oc1ccc(OC)cc1Br)C1CC1. The first-order valence-electron chi connectivity index (χ1n) is 5.73. The topological polar surface area (TPSA) is 44.8 Å². The molecule has 98 valence electrons. The van der Waals surface area contributed by atoms with Crippen LogP contribution in [0.25, 0.3) is 0 Å². The summed E-state index contributed by atoms with van der Waals surface area (Å²) in [6.07, 6.45) is 1.50. The molecule has 1 atom stereocenters. The zero-order valence-corrected chi connectivity index (χ0v) is 11.9. The van der Waals surface area contributed by atoms with Gasteiger partial charge in [-0.1, -0.05) is 0 Å². The molecule has 18 heavy (non-hydrogen) atoms. The van der Waals surface area contributed by atoms with Gasteiger partial charge in [0.15, 0.2) is 6.10 Å². The van der Waals surface area contributed by atoms with Crippen molar-refractivity contribution in [1.29, 1.82) is 0 Å². The number of hydrogen-bond acceptors (Lipinski definition) is 4. The summed E-state index contributed by atoms with van der Waals surface area (Å²) in [6, 6.07) is 5.37. The van der Waals surface area contributed by atoms with Gasteiger partial charge in [-0.25, -0.2) is 4.79 Å². The minimum atomic E-state index is -0.514. The highest BCUT2D eigenvalue weighted by atomic mass is 79.9. The summed E-state index contributed by atoms with van der Waals surface area (Å²) in [5, 5.41) is 0. The number of carbonyl (C=O) groups excluding carboxylic acids is 1. The molecule has 1 saturated carbocycles. The van der Waals surface area contributed by atoms with Crippen molar-refractivity contribution in [3.05, 3.63) is 22.7 Å². The van der Waals surface area contributed by atoms with E-state index in [-0.39, 0.29) is 11.9 Å². The molecule has 0 N–H and O–H groups in total. The van der Waals surface area contributed by atoms with Gasteiger partial charge < -0.3 is 14.2 Å². The first kappa shape index (κ1) is 13.2. The van der Waals surface area contributed by atoms with Gasteiger partial charge in [-0.3, -0.25) is 0 Å². The maximum absolute atomic E-state index is 11.6. The molecule has 0 heterocycles. The van der Waals surface area contributed by atoms with E-state index in [1.54, 1.807) is 25.3 Å². The van der Waals surface area contributed by atoms with Crippen LogP contribution >= 0.6 is 15.9 Å². The lowest BCUT2D eigenvalue weighted by Gasteiger charge is -2.17. The molecule has 0 bridgehead atoms. The lowest BCUT2D eigenvalue weighted by atomic mass is 10.2. The maximum Gasteiger partial charge on any atom is 0.347 e. The summed E-state index contributed by atoms with van der Waals surface area (Å²) in [4.78, 5) is 11.6. The van der Waals surface area contributed by atoms with E-state index < -0.39 is 6.10 Å². The zero-order chi connectivity index (χ0) is 13.1. The first-order chi connectivity index (χ1) is 8.65. The van der Waals surface area contributed by atoms with Gasteiger partial charge in [-0.2, -0.15) is 0 Å². The number of hydrogen-bond donors (Lipinski definition) is 0. The van der Waals surface area contributed by atoms with E-state index in [2.05, 4.69) is 15.9 Å². The van der Waals surface area contributed by atoms with E-state index in [4.69, 9.17) is 14.2 Å². The highest BCUT2D eigenvalue weighted by molar-refractivity contribution is 9.10. The number of ether oxygens (including phenoxy) is 3. The lowest BCUT2D eigenvalue weighted by Crippen LogP contribution is -2.30. The van der Waals surface area contributed by atoms with Crippen molar-refractivity contribution in [1.82, 2.24) is 0 Å². The largest absolute Gasteiger partial charge is 0.497 e. The van der Waals surface area contributed by atoms with Crippen LogP contribution in [0.4, 0.5) is 0 Å². The molecule has 1 unspecified atom stereocenters. The molecule has 4 nitrogen and oxygen atoms in total. The smallest absolute Gasteiger partial charge is 0.347 e. The zero-order valence-electron chi connectivity index (χ0n) is 10.3. The van der Waals surface area contributed by atoms with Gasteiger partial charge >= 0.3 is 5.97 Å². The van der Waals surface area contributed by atoms with Crippen LogP contribution < -0.4 is 9.47 Å². The Morgan fingerprint density at radius 3 is 2.61 bits per heavy atom. The molecular formula is C13H15BrO4. The molecule has 0 amide bonds. The van der Waals surface area contributed by atoms with E-state index in [0.717, 1.165) is 23.1 Å². The molecule has 5 heteroatoms. The van der Waals surface area contributed by atoms with Gasteiger partial charge in [0, 0.05) is 5.92 Å². The molecule has 0 spiro atoms. The van der Waals surface area contributed by atoms with Crippen molar-refractivity contribution in [2.45, 2.75) is 18.9 Å². The summed E-state index contributed by atoms with van der Waals surface area (Å²) in [7, 11) is 2.98. The third-order valence-corrected chi connectivity index (χ3v) is 3.50. The number of esters is 1. The van der Waals surface area contributed by atoms with Crippen LogP contribution in [0, 0.1) is 5.92 Å². The van der Waals surface area contributed by atoms with Crippen molar-refractivity contribution >= 4 is 21.9 Å². The second-order valence-electron chi connectivity index (χ2n) is 4.20. The molecule has 0 radical (unpaired) electrons. The number of rotatable bonds is 5. The summed E-state index contributed by atoms with van der Waals surface area (Å²) in [6.45, 7) is 0. The standard InChI is InChI=1S/C13H15BrO4/c1-16-9-5-6-11(10(14)7-9)18-12(8-3-4-8)13(15)17-2/h5-8,12H,3-4H2,1-2H3. The molecule has 1 aliphatic rings. The van der Waals surface area contributed by atoms with E-state index in [9.17, 15) is 4.79 Å². The van der Waals surface area contributed by atoms with Crippen LogP contribution in [0.1, 0.15) is 12.8 Å². The fraction of sp³-hybridized carbons (Fsp3) is 0.462. The Morgan fingerprint density at radius 1 is 1.39 bits per heavy atom. The third kappa shape index (κ3) is 2.96. The van der Waals surface area contributed by atoms with Gasteiger partial charge in [0.25, 0.3) is 0 Å². The third-order valence-electron chi connectivity index (χ3n) is 2.88. The van der Waals surface area contributed by atoms with Crippen molar-refractivity contribution in [2.24, 2.45) is 5.92 Å². The molecule has 1 aromatic rings. The minimum Gasteiger partial charge on any atom is -0.497 e.